The zero-order valence-electron chi connectivity index (χ0n) is 10.5. The number of rotatable bonds is 4. The van der Waals surface area contributed by atoms with Crippen molar-refractivity contribution in [2.45, 2.75) is 19.9 Å². The first-order chi connectivity index (χ1) is 8.47. The van der Waals surface area contributed by atoms with Crippen molar-refractivity contribution in [3.63, 3.8) is 0 Å². The van der Waals surface area contributed by atoms with E-state index in [1.165, 1.54) is 18.2 Å². The maximum absolute atomic E-state index is 12.3. The molecule has 0 spiro atoms. The third-order valence-electron chi connectivity index (χ3n) is 2.40. The summed E-state index contributed by atoms with van der Waals surface area (Å²) in [5.74, 6) is -0.814. The van der Waals surface area contributed by atoms with Crippen LogP contribution in [0.1, 0.15) is 24.2 Å². The normalized spacial score (nSPS) is 10.3. The standard InChI is InChI=1S/C12H15ClN2O3/c1-8(2)15(7-10(16)18-3)12(17)9-5-4-6-14-11(9)13/h4-6,8H,7H2,1-3H3. The molecule has 1 heterocycles. The van der Waals surface area contributed by atoms with Crippen molar-refractivity contribution in [1.82, 2.24) is 9.88 Å². The van der Waals surface area contributed by atoms with Gasteiger partial charge in [0.25, 0.3) is 5.91 Å². The zero-order chi connectivity index (χ0) is 13.7. The lowest BCUT2D eigenvalue weighted by Crippen LogP contribution is -2.41. The molecular formula is C12H15ClN2O3. The number of amides is 1. The highest BCUT2D eigenvalue weighted by atomic mass is 35.5. The van der Waals surface area contributed by atoms with Gasteiger partial charge in [-0.2, -0.15) is 0 Å². The van der Waals surface area contributed by atoms with Crippen LogP contribution in [0.5, 0.6) is 0 Å². The average molecular weight is 271 g/mol. The number of hydrogen-bond donors (Lipinski definition) is 0. The number of methoxy groups -OCH3 is 1. The Morgan fingerprint density at radius 2 is 2.17 bits per heavy atom. The smallest absolute Gasteiger partial charge is 0.325 e. The van der Waals surface area contributed by atoms with E-state index in [2.05, 4.69) is 9.72 Å². The van der Waals surface area contributed by atoms with Crippen molar-refractivity contribution in [3.05, 3.63) is 29.0 Å². The molecule has 0 aliphatic rings. The number of carbonyl (C=O) groups excluding carboxylic acids is 2. The van der Waals surface area contributed by atoms with Crippen LogP contribution in [0.4, 0.5) is 0 Å². The molecule has 6 heteroatoms. The molecule has 18 heavy (non-hydrogen) atoms. The second-order valence-electron chi connectivity index (χ2n) is 3.94. The van der Waals surface area contributed by atoms with Crippen molar-refractivity contribution >= 4 is 23.5 Å². The second kappa shape index (κ2) is 6.35. The minimum absolute atomic E-state index is 0.113. The summed E-state index contributed by atoms with van der Waals surface area (Å²) in [4.78, 5) is 28.8. The van der Waals surface area contributed by atoms with E-state index >= 15 is 0 Å². The summed E-state index contributed by atoms with van der Waals surface area (Å²) in [5, 5.41) is 0.123. The molecule has 0 N–H and O–H groups in total. The van der Waals surface area contributed by atoms with E-state index in [0.29, 0.717) is 0 Å². The van der Waals surface area contributed by atoms with Crippen LogP contribution in [-0.2, 0) is 9.53 Å². The van der Waals surface area contributed by atoms with Gasteiger partial charge in [-0.1, -0.05) is 11.6 Å². The molecule has 1 rings (SSSR count). The Bertz CT molecular complexity index is 449. The monoisotopic (exact) mass is 270 g/mol. The maximum Gasteiger partial charge on any atom is 0.325 e. The summed E-state index contributed by atoms with van der Waals surface area (Å²) in [6, 6.07) is 3.05. The molecular weight excluding hydrogens is 256 g/mol. The van der Waals surface area contributed by atoms with Gasteiger partial charge in [0.1, 0.15) is 11.7 Å². The second-order valence-corrected chi connectivity index (χ2v) is 4.30. The van der Waals surface area contributed by atoms with Gasteiger partial charge in [-0.25, -0.2) is 4.98 Å². The third-order valence-corrected chi connectivity index (χ3v) is 2.70. The van der Waals surface area contributed by atoms with Gasteiger partial charge in [0.15, 0.2) is 0 Å². The first kappa shape index (κ1) is 14.4. The topological polar surface area (TPSA) is 59.5 Å². The Morgan fingerprint density at radius 3 is 2.67 bits per heavy atom. The van der Waals surface area contributed by atoms with Crippen LogP contribution in [0.15, 0.2) is 18.3 Å². The summed E-state index contributed by atoms with van der Waals surface area (Å²) in [7, 11) is 1.28. The number of nitrogens with zero attached hydrogens (tertiary/aromatic N) is 2. The fraction of sp³-hybridized carbons (Fsp3) is 0.417. The van der Waals surface area contributed by atoms with Gasteiger partial charge in [0.2, 0.25) is 0 Å². The highest BCUT2D eigenvalue weighted by Crippen LogP contribution is 2.15. The summed E-state index contributed by atoms with van der Waals surface area (Å²) in [5.41, 5.74) is 0.275. The number of ether oxygens (including phenoxy) is 1. The molecule has 0 aliphatic carbocycles. The third kappa shape index (κ3) is 3.43. The lowest BCUT2D eigenvalue weighted by Gasteiger charge is -2.25. The van der Waals surface area contributed by atoms with Crippen LogP contribution in [0.25, 0.3) is 0 Å². The molecule has 0 fully saturated rings. The number of hydrogen-bond acceptors (Lipinski definition) is 4. The summed E-state index contributed by atoms with van der Waals surface area (Å²) >= 11 is 5.86. The van der Waals surface area contributed by atoms with Crippen LogP contribution in [0.2, 0.25) is 5.15 Å². The average Bonchev–Trinajstić information content (AvgIpc) is 2.35. The van der Waals surface area contributed by atoms with Gasteiger partial charge in [-0.05, 0) is 26.0 Å². The number of esters is 1. The fourth-order valence-corrected chi connectivity index (χ4v) is 1.59. The van der Waals surface area contributed by atoms with Crippen LogP contribution >= 0.6 is 11.6 Å². The molecule has 1 aromatic heterocycles. The van der Waals surface area contributed by atoms with Crippen LogP contribution in [0, 0.1) is 0 Å². The van der Waals surface area contributed by atoms with Gasteiger partial charge >= 0.3 is 5.97 Å². The molecule has 0 saturated carbocycles. The van der Waals surface area contributed by atoms with E-state index in [9.17, 15) is 9.59 Å². The predicted molar refractivity (Wildman–Crippen MR) is 67.4 cm³/mol. The SMILES string of the molecule is COC(=O)CN(C(=O)c1cccnc1Cl)C(C)C. The van der Waals surface area contributed by atoms with Gasteiger partial charge in [-0.3, -0.25) is 9.59 Å². The van der Waals surface area contributed by atoms with Crippen molar-refractivity contribution in [1.29, 1.82) is 0 Å². The quantitative estimate of drug-likeness (QED) is 0.618. The molecule has 0 bridgehead atoms. The van der Waals surface area contributed by atoms with E-state index in [4.69, 9.17) is 11.6 Å². The molecule has 0 saturated heterocycles. The summed E-state index contributed by atoms with van der Waals surface area (Å²) in [6.07, 6.45) is 1.50. The molecule has 98 valence electrons. The van der Waals surface area contributed by atoms with Crippen molar-refractivity contribution in [2.24, 2.45) is 0 Å². The van der Waals surface area contributed by atoms with E-state index < -0.39 is 5.97 Å². The van der Waals surface area contributed by atoms with E-state index in [0.717, 1.165) is 0 Å². The molecule has 0 atom stereocenters. The molecule has 0 aromatic carbocycles. The van der Waals surface area contributed by atoms with Crippen LogP contribution < -0.4 is 0 Å². The van der Waals surface area contributed by atoms with Crippen LogP contribution in [-0.4, -0.2) is 41.5 Å². The van der Waals surface area contributed by atoms with Crippen molar-refractivity contribution in [3.8, 4) is 0 Å². The van der Waals surface area contributed by atoms with Gasteiger partial charge < -0.3 is 9.64 Å². The van der Waals surface area contributed by atoms with Gasteiger partial charge in [0, 0.05) is 12.2 Å². The molecule has 5 nitrogen and oxygen atoms in total. The van der Waals surface area contributed by atoms with E-state index in [1.54, 1.807) is 12.1 Å². The van der Waals surface area contributed by atoms with Gasteiger partial charge in [-0.15, -0.1) is 0 Å². The first-order valence-corrected chi connectivity index (χ1v) is 5.83. The fourth-order valence-electron chi connectivity index (χ4n) is 1.39. The number of aromatic nitrogens is 1. The number of halogens is 1. The Morgan fingerprint density at radius 1 is 1.50 bits per heavy atom. The summed E-state index contributed by atoms with van der Waals surface area (Å²) < 4.78 is 4.57. The zero-order valence-corrected chi connectivity index (χ0v) is 11.3. The van der Waals surface area contributed by atoms with E-state index in [1.807, 2.05) is 13.8 Å². The minimum Gasteiger partial charge on any atom is -0.468 e. The van der Waals surface area contributed by atoms with Gasteiger partial charge in [0.05, 0.1) is 12.7 Å². The molecule has 0 unspecified atom stereocenters. The largest absolute Gasteiger partial charge is 0.468 e. The molecule has 1 aromatic rings. The molecule has 0 radical (unpaired) electrons. The molecule has 0 aliphatic heterocycles. The lowest BCUT2D eigenvalue weighted by molar-refractivity contribution is -0.141. The number of pyridine rings is 1. The maximum atomic E-state index is 12.3. The predicted octanol–water partition coefficient (Wildman–Crippen LogP) is 1.76. The lowest BCUT2D eigenvalue weighted by atomic mass is 10.2. The minimum atomic E-state index is -0.475. The highest BCUT2D eigenvalue weighted by Gasteiger charge is 2.23. The van der Waals surface area contributed by atoms with Crippen molar-refractivity contribution < 1.29 is 14.3 Å². The first-order valence-electron chi connectivity index (χ1n) is 5.45. The highest BCUT2D eigenvalue weighted by molar-refractivity contribution is 6.32. The Labute approximate surface area is 111 Å². The Hall–Kier alpha value is -1.62. The summed E-state index contributed by atoms with van der Waals surface area (Å²) in [6.45, 7) is 3.51. The Kier molecular flexibility index (Phi) is 5.09. The van der Waals surface area contributed by atoms with Crippen LogP contribution in [0.3, 0.4) is 0 Å². The molecule has 1 amide bonds. The number of carbonyl (C=O) groups is 2. The Balaban J connectivity index is 2.97. The van der Waals surface area contributed by atoms with Crippen molar-refractivity contribution in [2.75, 3.05) is 13.7 Å². The van der Waals surface area contributed by atoms with E-state index in [-0.39, 0.29) is 29.2 Å².